The van der Waals surface area contributed by atoms with Gasteiger partial charge in [-0.25, -0.2) is 0 Å². The maximum absolute atomic E-state index is 8.30. The van der Waals surface area contributed by atoms with Gasteiger partial charge in [-0.1, -0.05) is 73.9 Å². The predicted octanol–water partition coefficient (Wildman–Crippen LogP) is 5.59. The number of nitrogens with zero attached hydrogens (tertiary/aromatic N) is 2. The van der Waals surface area contributed by atoms with E-state index < -0.39 is 0 Å². The van der Waals surface area contributed by atoms with Gasteiger partial charge in [0.2, 0.25) is 0 Å². The second kappa shape index (κ2) is 8.83. The highest BCUT2D eigenvalue weighted by Gasteiger charge is 2.13. The Balaban J connectivity index is 2.03. The van der Waals surface area contributed by atoms with Crippen LogP contribution in [0.5, 0.6) is 0 Å². The van der Waals surface area contributed by atoms with Crippen molar-refractivity contribution in [1.29, 1.82) is 10.9 Å². The van der Waals surface area contributed by atoms with Gasteiger partial charge >= 0.3 is 0 Å². The van der Waals surface area contributed by atoms with Gasteiger partial charge in [-0.2, -0.15) is 10.5 Å². The first-order valence-corrected chi connectivity index (χ1v) is 8.16. The molecule has 0 amide bonds. The molecule has 0 spiro atoms. The predicted molar refractivity (Wildman–Crippen MR) is 95.2 cm³/mol. The molecule has 4 nitrogen and oxygen atoms in total. The van der Waals surface area contributed by atoms with Crippen molar-refractivity contribution in [1.82, 2.24) is 0 Å². The molecule has 0 aliphatic heterocycles. The molecule has 0 radical (unpaired) electrons. The summed E-state index contributed by atoms with van der Waals surface area (Å²) in [6.45, 7) is 2.22. The lowest BCUT2D eigenvalue weighted by molar-refractivity contribution is 0.667. The van der Waals surface area contributed by atoms with Crippen LogP contribution in [0.15, 0.2) is 59.8 Å². The Bertz CT molecular complexity index is 620. The molecule has 2 aromatic carbocycles. The summed E-state index contributed by atoms with van der Waals surface area (Å²) in [7, 11) is 0. The van der Waals surface area contributed by atoms with Crippen LogP contribution in [-0.4, -0.2) is 5.84 Å². The number of hydrogen-bond donors (Lipinski definition) is 2. The van der Waals surface area contributed by atoms with Gasteiger partial charge in [-0.3, -0.25) is 5.41 Å². The van der Waals surface area contributed by atoms with Gasteiger partial charge in [0.25, 0.3) is 0 Å². The SMILES string of the molecule is CCCCCCc1ccc(C(=N)N(N=N)c2ccccc2)cc1. The van der Waals surface area contributed by atoms with Gasteiger partial charge < -0.3 is 0 Å². The number of unbranched alkanes of at least 4 members (excludes halogenated alkanes) is 3. The zero-order chi connectivity index (χ0) is 16.5. The third kappa shape index (κ3) is 4.74. The van der Waals surface area contributed by atoms with Crippen LogP contribution in [0.4, 0.5) is 5.69 Å². The van der Waals surface area contributed by atoms with Gasteiger partial charge in [0.05, 0.1) is 5.69 Å². The van der Waals surface area contributed by atoms with E-state index >= 15 is 0 Å². The Morgan fingerprint density at radius 2 is 1.65 bits per heavy atom. The largest absolute Gasteiger partial charge is 0.282 e. The smallest absolute Gasteiger partial charge is 0.155 e. The van der Waals surface area contributed by atoms with Crippen molar-refractivity contribution in [3.8, 4) is 0 Å². The first-order valence-electron chi connectivity index (χ1n) is 8.16. The van der Waals surface area contributed by atoms with Crippen molar-refractivity contribution in [3.63, 3.8) is 0 Å². The van der Waals surface area contributed by atoms with E-state index in [1.807, 2.05) is 42.5 Å². The Morgan fingerprint density at radius 1 is 0.957 bits per heavy atom. The lowest BCUT2D eigenvalue weighted by atomic mass is 10.0. The van der Waals surface area contributed by atoms with Crippen LogP contribution >= 0.6 is 0 Å². The molecule has 23 heavy (non-hydrogen) atoms. The molecule has 2 rings (SSSR count). The number of benzene rings is 2. The average molecular weight is 308 g/mol. The summed E-state index contributed by atoms with van der Waals surface area (Å²) < 4.78 is 0. The van der Waals surface area contributed by atoms with E-state index in [1.54, 1.807) is 0 Å². The molecule has 2 aromatic rings. The lowest BCUT2D eigenvalue weighted by Crippen LogP contribution is -2.24. The van der Waals surface area contributed by atoms with Crippen LogP contribution in [0, 0.1) is 10.9 Å². The molecule has 0 saturated carbocycles. The van der Waals surface area contributed by atoms with Crippen LogP contribution < -0.4 is 5.01 Å². The number of amidine groups is 1. The van der Waals surface area contributed by atoms with Crippen molar-refractivity contribution < 1.29 is 0 Å². The molecule has 4 heteroatoms. The van der Waals surface area contributed by atoms with Gasteiger partial charge in [0.15, 0.2) is 5.84 Å². The number of hydrogen-bond acceptors (Lipinski definition) is 3. The number of anilines is 1. The fourth-order valence-corrected chi connectivity index (χ4v) is 2.51. The van der Waals surface area contributed by atoms with Crippen LogP contribution in [0.3, 0.4) is 0 Å². The van der Waals surface area contributed by atoms with Crippen molar-refractivity contribution in [2.24, 2.45) is 5.22 Å². The second-order valence-corrected chi connectivity index (χ2v) is 5.60. The number of rotatable bonds is 8. The maximum Gasteiger partial charge on any atom is 0.155 e. The summed E-state index contributed by atoms with van der Waals surface area (Å²) >= 11 is 0. The summed E-state index contributed by atoms with van der Waals surface area (Å²) in [4.78, 5) is 0. The Morgan fingerprint density at radius 3 is 2.26 bits per heavy atom. The molecule has 0 heterocycles. The fourth-order valence-electron chi connectivity index (χ4n) is 2.51. The average Bonchev–Trinajstić information content (AvgIpc) is 2.61. The summed E-state index contributed by atoms with van der Waals surface area (Å²) in [5.74, 6) is 0.212. The third-order valence-corrected chi connectivity index (χ3v) is 3.86. The molecular weight excluding hydrogens is 284 g/mol. The highest BCUT2D eigenvalue weighted by Crippen LogP contribution is 2.18. The molecule has 0 aliphatic carbocycles. The third-order valence-electron chi connectivity index (χ3n) is 3.86. The maximum atomic E-state index is 8.30. The van der Waals surface area contributed by atoms with E-state index in [0.29, 0.717) is 0 Å². The quantitative estimate of drug-likeness (QED) is 0.216. The van der Waals surface area contributed by atoms with E-state index in [1.165, 1.54) is 36.3 Å². The topological polar surface area (TPSA) is 63.3 Å². The van der Waals surface area contributed by atoms with Crippen molar-refractivity contribution in [3.05, 3.63) is 65.7 Å². The monoisotopic (exact) mass is 308 g/mol. The summed E-state index contributed by atoms with van der Waals surface area (Å²) in [6, 6.07) is 17.4. The van der Waals surface area contributed by atoms with Gasteiger partial charge in [-0.15, -0.1) is 0 Å². The Labute approximate surface area is 138 Å². The minimum absolute atomic E-state index is 0.212. The number of nitrogens with one attached hydrogen (secondary N) is 2. The van der Waals surface area contributed by atoms with Crippen molar-refractivity contribution >= 4 is 11.5 Å². The van der Waals surface area contributed by atoms with E-state index in [9.17, 15) is 0 Å². The van der Waals surface area contributed by atoms with Crippen molar-refractivity contribution in [2.75, 3.05) is 5.01 Å². The van der Waals surface area contributed by atoms with Crippen LogP contribution in [0.2, 0.25) is 0 Å². The highest BCUT2D eigenvalue weighted by molar-refractivity contribution is 6.07. The number of para-hydroxylation sites is 1. The molecule has 0 atom stereocenters. The Kier molecular flexibility index (Phi) is 6.48. The molecule has 0 saturated heterocycles. The van der Waals surface area contributed by atoms with Gasteiger partial charge in [0.1, 0.15) is 0 Å². The zero-order valence-corrected chi connectivity index (χ0v) is 13.6. The second-order valence-electron chi connectivity index (χ2n) is 5.60. The fraction of sp³-hybridized carbons (Fsp3) is 0.316. The van der Waals surface area contributed by atoms with Crippen LogP contribution in [0.25, 0.3) is 0 Å². The first-order chi connectivity index (χ1) is 11.3. The van der Waals surface area contributed by atoms with E-state index in [4.69, 9.17) is 10.9 Å². The molecule has 0 aliphatic rings. The molecule has 0 bridgehead atoms. The Hall–Kier alpha value is -2.49. The van der Waals surface area contributed by atoms with Gasteiger partial charge in [0, 0.05) is 5.56 Å². The van der Waals surface area contributed by atoms with Gasteiger partial charge in [-0.05, 0) is 30.5 Å². The molecular formula is C19H24N4. The normalized spacial score (nSPS) is 10.3. The molecule has 0 fully saturated rings. The first kappa shape index (κ1) is 16.9. The standard InChI is InChI=1S/C19H24N4/c1-2-3-4-6-9-16-12-14-17(15-13-16)19(20)23(22-21)18-10-7-5-8-11-18/h5,7-8,10-15,20-21H,2-4,6,9H2,1H3. The lowest BCUT2D eigenvalue weighted by Gasteiger charge is -2.18. The molecule has 0 aromatic heterocycles. The van der Waals surface area contributed by atoms with Crippen LogP contribution in [0.1, 0.15) is 43.7 Å². The van der Waals surface area contributed by atoms with E-state index in [0.717, 1.165) is 17.7 Å². The molecule has 120 valence electrons. The van der Waals surface area contributed by atoms with Crippen molar-refractivity contribution in [2.45, 2.75) is 39.0 Å². The van der Waals surface area contributed by atoms with Crippen LogP contribution in [-0.2, 0) is 6.42 Å². The van der Waals surface area contributed by atoms with E-state index in [-0.39, 0.29) is 5.84 Å². The van der Waals surface area contributed by atoms with E-state index in [2.05, 4.69) is 24.3 Å². The summed E-state index contributed by atoms with van der Waals surface area (Å²) in [6.07, 6.45) is 6.11. The summed E-state index contributed by atoms with van der Waals surface area (Å²) in [5, 5.41) is 13.1. The minimum atomic E-state index is 0.212. The minimum Gasteiger partial charge on any atom is -0.282 e. The molecule has 2 N–H and O–H groups in total. The zero-order valence-electron chi connectivity index (χ0n) is 13.6. The molecule has 0 unspecified atom stereocenters. The summed E-state index contributed by atoms with van der Waals surface area (Å²) in [5.41, 5.74) is 10.1. The number of aryl methyl sites for hydroxylation is 1. The highest BCUT2D eigenvalue weighted by atomic mass is 15.5.